The summed E-state index contributed by atoms with van der Waals surface area (Å²) in [6.45, 7) is 2.58. The Bertz CT molecular complexity index is 1110. The van der Waals surface area contributed by atoms with E-state index in [0.29, 0.717) is 48.1 Å². The van der Waals surface area contributed by atoms with Gasteiger partial charge in [0.1, 0.15) is 23.0 Å². The number of aromatic amines is 1. The molecule has 2 aliphatic heterocycles. The Morgan fingerprint density at radius 3 is 3.10 bits per heavy atom. The third-order valence-corrected chi connectivity index (χ3v) is 5.41. The van der Waals surface area contributed by atoms with Gasteiger partial charge in [-0.3, -0.25) is 14.8 Å². The summed E-state index contributed by atoms with van der Waals surface area (Å²) in [7, 11) is 1.59. The molecular weight excluding hydrogens is 372 g/mol. The molecule has 0 spiro atoms. The molecule has 5 rings (SSSR count). The molecule has 4 heterocycles. The summed E-state index contributed by atoms with van der Waals surface area (Å²) in [5.41, 5.74) is 2.58. The van der Waals surface area contributed by atoms with Crippen molar-refractivity contribution in [3.8, 4) is 11.5 Å². The van der Waals surface area contributed by atoms with E-state index >= 15 is 0 Å². The SMILES string of the molecule is COc1cc(OC2CCOC2)c2c(=O)[nH]c(N3CCc4ncccc4C3)nc2c1. The lowest BCUT2D eigenvalue weighted by Gasteiger charge is -2.28. The van der Waals surface area contributed by atoms with Crippen molar-refractivity contribution in [2.75, 3.05) is 31.8 Å². The summed E-state index contributed by atoms with van der Waals surface area (Å²) in [6, 6.07) is 7.50. The van der Waals surface area contributed by atoms with Gasteiger partial charge in [-0.25, -0.2) is 4.98 Å². The molecule has 1 N–H and O–H groups in total. The van der Waals surface area contributed by atoms with Crippen LogP contribution in [-0.4, -0.2) is 47.9 Å². The highest BCUT2D eigenvalue weighted by Gasteiger charge is 2.23. The van der Waals surface area contributed by atoms with E-state index in [1.165, 1.54) is 0 Å². The molecule has 0 radical (unpaired) electrons. The molecule has 8 heteroatoms. The van der Waals surface area contributed by atoms with Crippen molar-refractivity contribution in [3.63, 3.8) is 0 Å². The summed E-state index contributed by atoms with van der Waals surface area (Å²) < 4.78 is 16.9. The van der Waals surface area contributed by atoms with Gasteiger partial charge >= 0.3 is 0 Å². The number of ether oxygens (including phenoxy) is 3. The zero-order valence-corrected chi connectivity index (χ0v) is 16.2. The summed E-state index contributed by atoms with van der Waals surface area (Å²) in [4.78, 5) is 27.2. The van der Waals surface area contributed by atoms with Gasteiger partial charge in [0.05, 0.1) is 25.8 Å². The minimum absolute atomic E-state index is 0.0736. The number of fused-ring (bicyclic) bond motifs is 2. The van der Waals surface area contributed by atoms with E-state index in [-0.39, 0.29) is 11.7 Å². The largest absolute Gasteiger partial charge is 0.497 e. The molecule has 0 amide bonds. The molecule has 1 fully saturated rings. The molecule has 1 unspecified atom stereocenters. The molecule has 8 nitrogen and oxygen atoms in total. The molecule has 150 valence electrons. The van der Waals surface area contributed by atoms with Crippen LogP contribution in [0.2, 0.25) is 0 Å². The van der Waals surface area contributed by atoms with Crippen LogP contribution in [0.4, 0.5) is 5.95 Å². The third-order valence-electron chi connectivity index (χ3n) is 5.41. The fourth-order valence-corrected chi connectivity index (χ4v) is 3.89. The lowest BCUT2D eigenvalue weighted by molar-refractivity contribution is 0.142. The third kappa shape index (κ3) is 3.40. The number of nitrogens with zero attached hydrogens (tertiary/aromatic N) is 3. The molecule has 0 saturated carbocycles. The molecule has 0 aliphatic carbocycles. The van der Waals surface area contributed by atoms with E-state index in [0.717, 1.165) is 30.6 Å². The second-order valence-electron chi connectivity index (χ2n) is 7.29. The van der Waals surface area contributed by atoms with E-state index < -0.39 is 0 Å². The normalized spacial score (nSPS) is 18.7. The van der Waals surface area contributed by atoms with E-state index in [9.17, 15) is 4.79 Å². The molecular formula is C21H22N4O4. The molecule has 1 saturated heterocycles. The second-order valence-corrected chi connectivity index (χ2v) is 7.29. The summed E-state index contributed by atoms with van der Waals surface area (Å²) >= 11 is 0. The quantitative estimate of drug-likeness (QED) is 0.724. The number of nitrogens with one attached hydrogen (secondary N) is 1. The average molecular weight is 394 g/mol. The van der Waals surface area contributed by atoms with Crippen molar-refractivity contribution in [1.29, 1.82) is 0 Å². The number of H-pyrrole nitrogens is 1. The first-order chi connectivity index (χ1) is 14.2. The topological polar surface area (TPSA) is 89.6 Å². The number of benzene rings is 1. The first-order valence-electron chi connectivity index (χ1n) is 9.75. The Kier molecular flexibility index (Phi) is 4.55. The van der Waals surface area contributed by atoms with Crippen LogP contribution in [0, 0.1) is 0 Å². The fourth-order valence-electron chi connectivity index (χ4n) is 3.89. The number of hydrogen-bond acceptors (Lipinski definition) is 7. The Labute approximate surface area is 167 Å². The Hall–Kier alpha value is -3.13. The van der Waals surface area contributed by atoms with Gasteiger partial charge in [0, 0.05) is 50.0 Å². The van der Waals surface area contributed by atoms with Crippen molar-refractivity contribution in [2.45, 2.75) is 25.5 Å². The van der Waals surface area contributed by atoms with Gasteiger partial charge in [-0.05, 0) is 11.6 Å². The lowest BCUT2D eigenvalue weighted by atomic mass is 10.1. The van der Waals surface area contributed by atoms with Crippen molar-refractivity contribution >= 4 is 16.9 Å². The first-order valence-corrected chi connectivity index (χ1v) is 9.75. The van der Waals surface area contributed by atoms with Crippen molar-refractivity contribution in [1.82, 2.24) is 15.0 Å². The van der Waals surface area contributed by atoms with Crippen LogP contribution in [0.15, 0.2) is 35.3 Å². The lowest BCUT2D eigenvalue weighted by Crippen LogP contribution is -2.33. The monoisotopic (exact) mass is 394 g/mol. The Morgan fingerprint density at radius 1 is 1.34 bits per heavy atom. The van der Waals surface area contributed by atoms with Crippen molar-refractivity contribution in [2.24, 2.45) is 0 Å². The highest BCUT2D eigenvalue weighted by molar-refractivity contribution is 5.86. The van der Waals surface area contributed by atoms with Gasteiger partial charge in [0.2, 0.25) is 5.95 Å². The maximum atomic E-state index is 13.0. The number of anilines is 1. The van der Waals surface area contributed by atoms with Crippen LogP contribution >= 0.6 is 0 Å². The number of pyridine rings is 1. The van der Waals surface area contributed by atoms with Gasteiger partial charge in [-0.15, -0.1) is 0 Å². The highest BCUT2D eigenvalue weighted by Crippen LogP contribution is 2.31. The number of hydrogen-bond donors (Lipinski definition) is 1. The summed E-state index contributed by atoms with van der Waals surface area (Å²) in [5.74, 6) is 1.62. The van der Waals surface area contributed by atoms with Gasteiger partial charge in [0.15, 0.2) is 0 Å². The van der Waals surface area contributed by atoms with Crippen LogP contribution in [0.25, 0.3) is 10.9 Å². The second kappa shape index (κ2) is 7.36. The minimum Gasteiger partial charge on any atom is -0.497 e. The molecule has 29 heavy (non-hydrogen) atoms. The smallest absolute Gasteiger partial charge is 0.263 e. The number of aromatic nitrogens is 3. The standard InChI is InChI=1S/C21H22N4O4/c1-27-15-9-17-19(18(10-15)29-14-5-8-28-12-14)20(26)24-21(23-17)25-7-4-16-13(11-25)3-2-6-22-16/h2-3,6,9-10,14H,4-5,7-8,11-12H2,1H3,(H,23,24,26). The maximum absolute atomic E-state index is 13.0. The number of methoxy groups -OCH3 is 1. The summed E-state index contributed by atoms with van der Waals surface area (Å²) in [6.07, 6.45) is 3.35. The molecule has 1 atom stereocenters. The van der Waals surface area contributed by atoms with E-state index in [4.69, 9.17) is 19.2 Å². The predicted octanol–water partition coefficient (Wildman–Crippen LogP) is 2.06. The zero-order chi connectivity index (χ0) is 19.8. The van der Waals surface area contributed by atoms with Gasteiger partial charge in [0.25, 0.3) is 5.56 Å². The van der Waals surface area contributed by atoms with Crippen LogP contribution < -0.4 is 19.9 Å². The maximum Gasteiger partial charge on any atom is 0.263 e. The first kappa shape index (κ1) is 17.9. The van der Waals surface area contributed by atoms with Gasteiger partial charge in [-0.1, -0.05) is 6.07 Å². The minimum atomic E-state index is -0.224. The van der Waals surface area contributed by atoms with Crippen molar-refractivity contribution in [3.05, 3.63) is 52.1 Å². The highest BCUT2D eigenvalue weighted by atomic mass is 16.5. The average Bonchev–Trinajstić information content (AvgIpc) is 3.25. The molecule has 2 aromatic heterocycles. The van der Waals surface area contributed by atoms with E-state index in [2.05, 4.69) is 20.9 Å². The summed E-state index contributed by atoms with van der Waals surface area (Å²) in [5, 5.41) is 0.431. The van der Waals surface area contributed by atoms with Crippen LogP contribution in [0.1, 0.15) is 17.7 Å². The Balaban J connectivity index is 1.54. The van der Waals surface area contributed by atoms with Crippen LogP contribution in [0.5, 0.6) is 11.5 Å². The molecule has 2 aliphatic rings. The molecule has 3 aromatic rings. The van der Waals surface area contributed by atoms with Gasteiger partial charge < -0.3 is 19.1 Å². The molecule has 1 aromatic carbocycles. The predicted molar refractivity (Wildman–Crippen MR) is 108 cm³/mol. The van der Waals surface area contributed by atoms with Crippen molar-refractivity contribution < 1.29 is 14.2 Å². The van der Waals surface area contributed by atoms with Gasteiger partial charge in [-0.2, -0.15) is 0 Å². The zero-order valence-electron chi connectivity index (χ0n) is 16.2. The van der Waals surface area contributed by atoms with E-state index in [1.54, 1.807) is 19.2 Å². The van der Waals surface area contributed by atoms with Crippen LogP contribution in [-0.2, 0) is 17.7 Å². The van der Waals surface area contributed by atoms with Crippen LogP contribution in [0.3, 0.4) is 0 Å². The number of rotatable bonds is 4. The fraction of sp³-hybridized carbons (Fsp3) is 0.381. The Morgan fingerprint density at radius 2 is 2.28 bits per heavy atom. The van der Waals surface area contributed by atoms with E-state index in [1.807, 2.05) is 12.3 Å². The molecule has 0 bridgehead atoms.